The molecule has 2 heterocycles. The van der Waals surface area contributed by atoms with Crippen LogP contribution in [-0.4, -0.2) is 60.3 Å². The maximum absolute atomic E-state index is 11.8. The molecule has 3 unspecified atom stereocenters. The van der Waals surface area contributed by atoms with Crippen LogP contribution in [0.25, 0.3) is 0 Å². The van der Waals surface area contributed by atoms with E-state index in [-0.39, 0.29) is 23.2 Å². The SMILES string of the molecule is COC(C1=CC(N=CC=CN)=CCC1)C1CN=C(N2CCC3=C(CC(C(N)=O)C[C@@H]3C)C2)S1. The summed E-state index contributed by atoms with van der Waals surface area (Å²) >= 11 is 1.82. The summed E-state index contributed by atoms with van der Waals surface area (Å²) in [5.41, 5.74) is 16.2. The average Bonchev–Trinajstić information content (AvgIpc) is 3.29. The second kappa shape index (κ2) is 10.7. The van der Waals surface area contributed by atoms with Crippen LogP contribution >= 0.6 is 11.8 Å². The van der Waals surface area contributed by atoms with Crippen LogP contribution in [-0.2, 0) is 9.53 Å². The van der Waals surface area contributed by atoms with E-state index in [0.29, 0.717) is 5.92 Å². The Morgan fingerprint density at radius 2 is 2.27 bits per heavy atom. The number of methoxy groups -OCH3 is 1. The number of carbonyl (C=O) groups is 1. The summed E-state index contributed by atoms with van der Waals surface area (Å²) in [4.78, 5) is 23.6. The highest BCUT2D eigenvalue weighted by atomic mass is 32.2. The van der Waals surface area contributed by atoms with Gasteiger partial charge in [0.15, 0.2) is 5.17 Å². The molecular weight excluding hydrogens is 434 g/mol. The number of amidine groups is 1. The molecule has 0 fully saturated rings. The molecule has 0 saturated carbocycles. The fourth-order valence-electron chi connectivity index (χ4n) is 5.42. The molecule has 7 nitrogen and oxygen atoms in total. The topological polar surface area (TPSA) is 106 Å². The van der Waals surface area contributed by atoms with E-state index < -0.39 is 0 Å². The second-order valence-corrected chi connectivity index (χ2v) is 10.4. The van der Waals surface area contributed by atoms with Gasteiger partial charge >= 0.3 is 0 Å². The summed E-state index contributed by atoms with van der Waals surface area (Å²) in [5.74, 6) is 0.241. The lowest BCUT2D eigenvalue weighted by molar-refractivity contribution is -0.122. The number of thioether (sulfide) groups is 1. The van der Waals surface area contributed by atoms with Crippen LogP contribution in [0.2, 0.25) is 0 Å². The van der Waals surface area contributed by atoms with Crippen LogP contribution in [0.5, 0.6) is 0 Å². The zero-order chi connectivity index (χ0) is 23.4. The number of ether oxygens (including phenoxy) is 1. The first-order valence-corrected chi connectivity index (χ1v) is 12.7. The Balaban J connectivity index is 1.40. The first-order chi connectivity index (χ1) is 16.0. The molecule has 0 radical (unpaired) electrons. The first-order valence-electron chi connectivity index (χ1n) is 11.8. The summed E-state index contributed by atoms with van der Waals surface area (Å²) in [6, 6.07) is 0. The van der Waals surface area contributed by atoms with Crippen molar-refractivity contribution >= 4 is 29.1 Å². The Labute approximate surface area is 200 Å². The summed E-state index contributed by atoms with van der Waals surface area (Å²) in [6.07, 6.45) is 13.9. The van der Waals surface area contributed by atoms with Crippen molar-refractivity contribution in [3.8, 4) is 0 Å². The lowest BCUT2D eigenvalue weighted by Crippen LogP contribution is -2.40. The van der Waals surface area contributed by atoms with E-state index in [1.807, 2.05) is 11.8 Å². The molecule has 0 saturated heterocycles. The van der Waals surface area contributed by atoms with Gasteiger partial charge in [0, 0.05) is 32.3 Å². The Hall–Kier alpha value is -2.32. The Morgan fingerprint density at radius 1 is 1.42 bits per heavy atom. The molecule has 0 spiro atoms. The van der Waals surface area contributed by atoms with Gasteiger partial charge in [-0.2, -0.15) is 0 Å². The highest BCUT2D eigenvalue weighted by molar-refractivity contribution is 8.14. The fraction of sp³-hybridized carbons (Fsp3) is 0.560. The number of hydrogen-bond acceptors (Lipinski definition) is 7. The number of aliphatic imine (C=N–C) groups is 2. The molecule has 178 valence electrons. The van der Waals surface area contributed by atoms with Crippen LogP contribution in [0.15, 0.2) is 56.8 Å². The minimum atomic E-state index is -0.168. The van der Waals surface area contributed by atoms with Gasteiger partial charge in [0.1, 0.15) is 0 Å². The maximum atomic E-state index is 11.8. The third-order valence-electron chi connectivity index (χ3n) is 7.05. The van der Waals surface area contributed by atoms with Gasteiger partial charge in [-0.25, -0.2) is 0 Å². The molecule has 0 aromatic carbocycles. The molecule has 2 aliphatic heterocycles. The Bertz CT molecular complexity index is 948. The highest BCUT2D eigenvalue weighted by Crippen LogP contribution is 2.40. The molecule has 4 N–H and O–H groups in total. The van der Waals surface area contributed by atoms with Gasteiger partial charge in [-0.15, -0.1) is 0 Å². The molecule has 4 rings (SSSR count). The summed E-state index contributed by atoms with van der Waals surface area (Å²) < 4.78 is 5.97. The number of rotatable bonds is 6. The average molecular weight is 470 g/mol. The van der Waals surface area contributed by atoms with E-state index in [9.17, 15) is 4.79 Å². The summed E-state index contributed by atoms with van der Waals surface area (Å²) in [6.45, 7) is 4.83. The minimum Gasteiger partial charge on any atom is -0.405 e. The van der Waals surface area contributed by atoms with E-state index in [1.54, 1.807) is 19.4 Å². The van der Waals surface area contributed by atoms with Crippen LogP contribution in [0.1, 0.15) is 39.0 Å². The normalized spacial score (nSPS) is 29.2. The van der Waals surface area contributed by atoms with E-state index >= 15 is 0 Å². The monoisotopic (exact) mass is 469 g/mol. The van der Waals surface area contributed by atoms with Gasteiger partial charge in [0.05, 0.1) is 23.6 Å². The first kappa shape index (κ1) is 23.8. The number of carbonyl (C=O) groups excluding carboxylic acids is 1. The third kappa shape index (κ3) is 5.44. The Kier molecular flexibility index (Phi) is 7.75. The minimum absolute atomic E-state index is 0.00807. The van der Waals surface area contributed by atoms with E-state index in [0.717, 1.165) is 62.6 Å². The van der Waals surface area contributed by atoms with Crippen LogP contribution in [0.3, 0.4) is 0 Å². The van der Waals surface area contributed by atoms with Crippen molar-refractivity contribution in [1.29, 1.82) is 0 Å². The van der Waals surface area contributed by atoms with Crippen LogP contribution in [0, 0.1) is 11.8 Å². The molecule has 2 aliphatic carbocycles. The molecule has 0 aromatic heterocycles. The summed E-state index contributed by atoms with van der Waals surface area (Å²) in [5, 5.41) is 1.35. The molecule has 8 heteroatoms. The van der Waals surface area contributed by atoms with Gasteiger partial charge in [0.2, 0.25) is 5.91 Å². The number of amides is 1. The van der Waals surface area contributed by atoms with E-state index in [4.69, 9.17) is 21.2 Å². The van der Waals surface area contributed by atoms with Gasteiger partial charge in [-0.05, 0) is 61.9 Å². The predicted octanol–water partition coefficient (Wildman–Crippen LogP) is 3.15. The third-order valence-corrected chi connectivity index (χ3v) is 8.34. The molecule has 0 bridgehead atoms. The Morgan fingerprint density at radius 3 is 3.03 bits per heavy atom. The molecule has 1 amide bonds. The molecule has 4 atom stereocenters. The quantitative estimate of drug-likeness (QED) is 0.459. The lowest BCUT2D eigenvalue weighted by atomic mass is 9.75. The second-order valence-electron chi connectivity index (χ2n) is 9.23. The summed E-state index contributed by atoms with van der Waals surface area (Å²) in [7, 11) is 1.79. The van der Waals surface area contributed by atoms with Crippen molar-refractivity contribution in [1.82, 2.24) is 4.90 Å². The molecule has 0 aromatic rings. The largest absolute Gasteiger partial charge is 0.405 e. The van der Waals surface area contributed by atoms with Gasteiger partial charge in [-0.1, -0.05) is 35.9 Å². The highest BCUT2D eigenvalue weighted by Gasteiger charge is 2.37. The molecule has 4 aliphatic rings. The van der Waals surface area contributed by atoms with E-state index in [2.05, 4.69) is 29.0 Å². The molecular formula is C25H35N5O2S. The van der Waals surface area contributed by atoms with Gasteiger partial charge in [0.25, 0.3) is 0 Å². The number of nitrogens with two attached hydrogens (primary N) is 2. The zero-order valence-corrected chi connectivity index (χ0v) is 20.4. The molecule has 33 heavy (non-hydrogen) atoms. The van der Waals surface area contributed by atoms with Crippen molar-refractivity contribution in [2.45, 2.75) is 50.4 Å². The predicted molar refractivity (Wildman–Crippen MR) is 136 cm³/mol. The number of hydrogen-bond donors (Lipinski definition) is 2. The van der Waals surface area contributed by atoms with Crippen molar-refractivity contribution in [2.75, 3.05) is 26.7 Å². The number of primary amides is 1. The zero-order valence-electron chi connectivity index (χ0n) is 19.6. The number of allylic oxidation sites excluding steroid dienone is 3. The van der Waals surface area contributed by atoms with Crippen molar-refractivity contribution in [3.05, 3.63) is 46.8 Å². The van der Waals surface area contributed by atoms with Crippen molar-refractivity contribution in [3.63, 3.8) is 0 Å². The standard InChI is InChI=1S/C25H35N5O2S/c1-16-11-18(24(27)31)12-19-15-30(10-7-21(16)19)25-29-14-22(33-25)23(32-2)17-5-3-6-20(13-17)28-9-4-8-26/h4,6,8-9,13,16,18,22-23H,3,5,7,10-12,14-15,26H2,1-2H3,(H2,27,31)/t16-,18?,22?,23?/m0/s1. The fourth-order valence-corrected chi connectivity index (χ4v) is 6.70. The van der Waals surface area contributed by atoms with Crippen LogP contribution < -0.4 is 11.5 Å². The smallest absolute Gasteiger partial charge is 0.220 e. The maximum Gasteiger partial charge on any atom is 0.220 e. The van der Waals surface area contributed by atoms with Gasteiger partial charge < -0.3 is 21.1 Å². The number of nitrogens with zero attached hydrogens (tertiary/aromatic N) is 3. The van der Waals surface area contributed by atoms with Crippen LogP contribution in [0.4, 0.5) is 0 Å². The van der Waals surface area contributed by atoms with E-state index in [1.165, 1.54) is 22.9 Å². The van der Waals surface area contributed by atoms with Crippen molar-refractivity contribution in [2.24, 2.45) is 33.3 Å². The van der Waals surface area contributed by atoms with Gasteiger partial charge in [-0.3, -0.25) is 14.8 Å². The van der Waals surface area contributed by atoms with Crippen molar-refractivity contribution < 1.29 is 9.53 Å². The lowest BCUT2D eigenvalue weighted by Gasteiger charge is -2.39.